The second-order valence-corrected chi connectivity index (χ2v) is 4.37. The van der Waals surface area contributed by atoms with Crippen LogP contribution >= 0.6 is 11.6 Å². The minimum absolute atomic E-state index is 0.00708. The molecule has 0 aromatic heterocycles. The van der Waals surface area contributed by atoms with Crippen molar-refractivity contribution in [2.24, 2.45) is 0 Å². The zero-order chi connectivity index (χ0) is 13.2. The normalized spacial score (nSPS) is 12.2. The third-order valence-electron chi connectivity index (χ3n) is 2.13. The topological polar surface area (TPSA) is 12.0 Å². The lowest BCUT2D eigenvalue weighted by Gasteiger charge is -2.13. The molecule has 0 aliphatic heterocycles. The molecule has 0 spiro atoms. The average Bonchev–Trinajstić information content (AvgIpc) is 2.18. The Morgan fingerprint density at radius 3 is 2.35 bits per heavy atom. The third-order valence-corrected chi connectivity index (χ3v) is 2.41. The Hall–Kier alpha value is -0.810. The Morgan fingerprint density at radius 2 is 1.88 bits per heavy atom. The molecular formula is C11H12ClF4N. The molecule has 0 amide bonds. The molecule has 96 valence electrons. The zero-order valence-electron chi connectivity index (χ0n) is 9.33. The van der Waals surface area contributed by atoms with Gasteiger partial charge in [-0.05, 0) is 12.1 Å². The lowest BCUT2D eigenvalue weighted by Crippen LogP contribution is -2.23. The van der Waals surface area contributed by atoms with Gasteiger partial charge in [-0.15, -0.1) is 0 Å². The van der Waals surface area contributed by atoms with E-state index in [1.54, 1.807) is 0 Å². The lowest BCUT2D eigenvalue weighted by atomic mass is 10.1. The molecule has 1 aromatic carbocycles. The van der Waals surface area contributed by atoms with Crippen LogP contribution in [0, 0.1) is 5.82 Å². The summed E-state index contributed by atoms with van der Waals surface area (Å²) in [6.45, 7) is 3.63. The molecule has 1 aromatic rings. The van der Waals surface area contributed by atoms with Crippen LogP contribution in [0.1, 0.15) is 25.0 Å². The Kier molecular flexibility index (Phi) is 4.38. The molecule has 0 unspecified atom stereocenters. The summed E-state index contributed by atoms with van der Waals surface area (Å²) < 4.78 is 50.9. The van der Waals surface area contributed by atoms with E-state index < -0.39 is 22.6 Å². The van der Waals surface area contributed by atoms with Crippen LogP contribution in [0.25, 0.3) is 0 Å². The Labute approximate surface area is 102 Å². The van der Waals surface area contributed by atoms with Crippen molar-refractivity contribution >= 4 is 11.6 Å². The first-order valence-electron chi connectivity index (χ1n) is 5.00. The van der Waals surface area contributed by atoms with Gasteiger partial charge in [0.05, 0.1) is 10.6 Å². The quantitative estimate of drug-likeness (QED) is 0.818. The fraction of sp³-hybridized carbons (Fsp3) is 0.455. The number of hydrogen-bond acceptors (Lipinski definition) is 1. The number of halogens is 5. The molecule has 0 aliphatic carbocycles. The highest BCUT2D eigenvalue weighted by Crippen LogP contribution is 2.33. The minimum atomic E-state index is -4.52. The molecule has 0 fully saturated rings. The Morgan fingerprint density at radius 1 is 1.29 bits per heavy atom. The van der Waals surface area contributed by atoms with Crippen LogP contribution in [0.3, 0.4) is 0 Å². The predicted molar refractivity (Wildman–Crippen MR) is 58.4 cm³/mol. The van der Waals surface area contributed by atoms with Crippen LogP contribution in [0.2, 0.25) is 5.02 Å². The van der Waals surface area contributed by atoms with Gasteiger partial charge in [0.1, 0.15) is 5.82 Å². The number of alkyl halides is 3. The van der Waals surface area contributed by atoms with Gasteiger partial charge < -0.3 is 5.32 Å². The van der Waals surface area contributed by atoms with Crippen LogP contribution < -0.4 is 5.32 Å². The number of rotatable bonds is 3. The maximum Gasteiger partial charge on any atom is 0.416 e. The molecular weight excluding hydrogens is 258 g/mol. The molecule has 17 heavy (non-hydrogen) atoms. The van der Waals surface area contributed by atoms with E-state index in [4.69, 9.17) is 11.6 Å². The second kappa shape index (κ2) is 5.23. The van der Waals surface area contributed by atoms with Crippen molar-refractivity contribution in [3.63, 3.8) is 0 Å². The van der Waals surface area contributed by atoms with E-state index in [1.807, 2.05) is 13.8 Å². The summed E-state index contributed by atoms with van der Waals surface area (Å²) in [6.07, 6.45) is -4.52. The van der Waals surface area contributed by atoms with Crippen LogP contribution in [-0.4, -0.2) is 6.04 Å². The highest BCUT2D eigenvalue weighted by molar-refractivity contribution is 6.30. The summed E-state index contributed by atoms with van der Waals surface area (Å²) in [6, 6.07) is 1.41. The molecule has 0 atom stereocenters. The first kappa shape index (κ1) is 14.3. The van der Waals surface area contributed by atoms with Gasteiger partial charge in [0.15, 0.2) is 0 Å². The fourth-order valence-electron chi connectivity index (χ4n) is 1.25. The fourth-order valence-corrected chi connectivity index (χ4v) is 1.49. The number of benzene rings is 1. The van der Waals surface area contributed by atoms with E-state index in [9.17, 15) is 17.6 Å². The SMILES string of the molecule is CC(C)NCc1cc(C(F)(F)F)cc(Cl)c1F. The van der Waals surface area contributed by atoms with E-state index >= 15 is 0 Å². The number of nitrogens with one attached hydrogen (secondary N) is 1. The van der Waals surface area contributed by atoms with E-state index in [1.165, 1.54) is 0 Å². The molecule has 0 saturated heterocycles. The summed E-state index contributed by atoms with van der Waals surface area (Å²) in [4.78, 5) is 0. The van der Waals surface area contributed by atoms with Crippen LogP contribution in [0.5, 0.6) is 0 Å². The molecule has 1 rings (SSSR count). The highest BCUT2D eigenvalue weighted by Gasteiger charge is 2.32. The van der Waals surface area contributed by atoms with Gasteiger partial charge in [-0.25, -0.2) is 4.39 Å². The molecule has 0 aliphatic rings. The van der Waals surface area contributed by atoms with Crippen LogP contribution in [0.15, 0.2) is 12.1 Å². The standard InChI is InChI=1S/C11H12ClF4N/c1-6(2)17-5-7-3-8(11(14,15)16)4-9(12)10(7)13/h3-4,6,17H,5H2,1-2H3. The van der Waals surface area contributed by atoms with Crippen LogP contribution in [0.4, 0.5) is 17.6 Å². The molecule has 1 N–H and O–H groups in total. The third kappa shape index (κ3) is 3.85. The van der Waals surface area contributed by atoms with Crippen molar-refractivity contribution in [1.82, 2.24) is 5.32 Å². The van der Waals surface area contributed by atoms with Crippen molar-refractivity contribution < 1.29 is 17.6 Å². The van der Waals surface area contributed by atoms with E-state index in [2.05, 4.69) is 5.32 Å². The summed E-state index contributed by atoms with van der Waals surface area (Å²) in [5.74, 6) is -0.812. The van der Waals surface area contributed by atoms with Gasteiger partial charge in [-0.3, -0.25) is 0 Å². The zero-order valence-corrected chi connectivity index (χ0v) is 10.1. The first-order valence-corrected chi connectivity index (χ1v) is 5.38. The first-order chi connectivity index (χ1) is 7.71. The largest absolute Gasteiger partial charge is 0.416 e. The van der Waals surface area contributed by atoms with Gasteiger partial charge in [0, 0.05) is 18.2 Å². The minimum Gasteiger partial charge on any atom is -0.310 e. The van der Waals surface area contributed by atoms with Crippen molar-refractivity contribution in [1.29, 1.82) is 0 Å². The van der Waals surface area contributed by atoms with Gasteiger partial charge in [-0.2, -0.15) is 13.2 Å². The maximum absolute atomic E-state index is 13.5. The number of hydrogen-bond donors (Lipinski definition) is 1. The van der Waals surface area contributed by atoms with Crippen molar-refractivity contribution in [2.45, 2.75) is 32.6 Å². The van der Waals surface area contributed by atoms with Gasteiger partial charge in [0.25, 0.3) is 0 Å². The summed E-state index contributed by atoms with van der Waals surface area (Å²) in [7, 11) is 0. The monoisotopic (exact) mass is 269 g/mol. The summed E-state index contributed by atoms with van der Waals surface area (Å²) in [5.41, 5.74) is -1.03. The van der Waals surface area contributed by atoms with Gasteiger partial charge in [-0.1, -0.05) is 25.4 Å². The lowest BCUT2D eigenvalue weighted by molar-refractivity contribution is -0.137. The molecule has 0 radical (unpaired) electrons. The Bertz CT molecular complexity index is 401. The average molecular weight is 270 g/mol. The smallest absolute Gasteiger partial charge is 0.310 e. The second-order valence-electron chi connectivity index (χ2n) is 3.96. The highest BCUT2D eigenvalue weighted by atomic mass is 35.5. The van der Waals surface area contributed by atoms with E-state index in [0.29, 0.717) is 6.07 Å². The van der Waals surface area contributed by atoms with E-state index in [-0.39, 0.29) is 18.2 Å². The molecule has 1 nitrogen and oxygen atoms in total. The molecule has 0 bridgehead atoms. The van der Waals surface area contributed by atoms with Crippen LogP contribution in [-0.2, 0) is 12.7 Å². The van der Waals surface area contributed by atoms with Crippen molar-refractivity contribution in [3.8, 4) is 0 Å². The van der Waals surface area contributed by atoms with Gasteiger partial charge in [0.2, 0.25) is 0 Å². The summed E-state index contributed by atoms with van der Waals surface area (Å²) in [5, 5.41) is 2.33. The predicted octanol–water partition coefficient (Wildman–Crippen LogP) is 4.00. The molecule has 0 heterocycles. The maximum atomic E-state index is 13.5. The van der Waals surface area contributed by atoms with Gasteiger partial charge >= 0.3 is 6.18 Å². The van der Waals surface area contributed by atoms with Crippen molar-refractivity contribution in [2.75, 3.05) is 0 Å². The molecule has 0 saturated carbocycles. The summed E-state index contributed by atoms with van der Waals surface area (Å²) >= 11 is 5.44. The van der Waals surface area contributed by atoms with E-state index in [0.717, 1.165) is 6.07 Å². The molecule has 6 heteroatoms. The van der Waals surface area contributed by atoms with Crippen molar-refractivity contribution in [3.05, 3.63) is 34.1 Å². The Balaban J connectivity index is 3.07.